The number of carbonyl (C=O) groups is 3. The van der Waals surface area contributed by atoms with Crippen molar-refractivity contribution in [1.82, 2.24) is 0 Å². The van der Waals surface area contributed by atoms with E-state index in [1.54, 1.807) is 6.07 Å². The Morgan fingerprint density at radius 2 is 1.87 bits per heavy atom. The molecular weight excluding hydrogens is 196 g/mol. The number of ether oxygens (including phenoxy) is 1. The van der Waals surface area contributed by atoms with Crippen molar-refractivity contribution in [2.75, 3.05) is 7.11 Å². The molecule has 0 aliphatic heterocycles. The second-order valence-corrected chi connectivity index (χ2v) is 3.25. The number of carbonyl (C=O) groups excluding carboxylic acids is 3. The van der Waals surface area contributed by atoms with Crippen LogP contribution in [-0.2, 0) is 4.79 Å². The Kier molecular flexibility index (Phi) is 2.11. The van der Waals surface area contributed by atoms with Crippen molar-refractivity contribution in [3.63, 3.8) is 0 Å². The minimum Gasteiger partial charge on any atom is -0.497 e. The van der Waals surface area contributed by atoms with Crippen LogP contribution < -0.4 is 4.74 Å². The monoisotopic (exact) mass is 204 g/mol. The number of hydrogen-bond acceptors (Lipinski definition) is 4. The number of rotatable bonds is 2. The van der Waals surface area contributed by atoms with E-state index < -0.39 is 17.5 Å². The first-order chi connectivity index (χ1) is 7.19. The van der Waals surface area contributed by atoms with Crippen LogP contribution in [0.5, 0.6) is 5.75 Å². The summed E-state index contributed by atoms with van der Waals surface area (Å²) in [6.45, 7) is 0. The highest BCUT2D eigenvalue weighted by Gasteiger charge is 2.38. The number of ketones is 2. The molecule has 1 aromatic rings. The van der Waals surface area contributed by atoms with Gasteiger partial charge >= 0.3 is 0 Å². The van der Waals surface area contributed by atoms with E-state index in [1.807, 2.05) is 0 Å². The zero-order chi connectivity index (χ0) is 11.0. The number of fused-ring (bicyclic) bond motifs is 1. The molecule has 0 saturated carbocycles. The average molecular weight is 204 g/mol. The van der Waals surface area contributed by atoms with Crippen molar-refractivity contribution in [3.05, 3.63) is 29.3 Å². The van der Waals surface area contributed by atoms with E-state index in [0.717, 1.165) is 0 Å². The Labute approximate surface area is 85.8 Å². The van der Waals surface area contributed by atoms with Gasteiger partial charge in [-0.2, -0.15) is 0 Å². The minimum absolute atomic E-state index is 0.274. The molecule has 0 fully saturated rings. The number of hydrogen-bond donors (Lipinski definition) is 0. The maximum Gasteiger partial charge on any atom is 0.181 e. The standard InChI is InChI=1S/C11H8O4/c1-15-6-2-3-7-8(4-6)11(14)9(5-12)10(7)13/h2-5,9H,1H3. The van der Waals surface area contributed by atoms with Gasteiger partial charge < -0.3 is 9.53 Å². The summed E-state index contributed by atoms with van der Waals surface area (Å²) in [7, 11) is 1.47. The molecule has 1 aromatic carbocycles. The Morgan fingerprint density at radius 1 is 1.20 bits per heavy atom. The van der Waals surface area contributed by atoms with Gasteiger partial charge in [-0.25, -0.2) is 0 Å². The maximum absolute atomic E-state index is 11.6. The first kappa shape index (κ1) is 9.58. The summed E-state index contributed by atoms with van der Waals surface area (Å²) in [5, 5.41) is 0. The summed E-state index contributed by atoms with van der Waals surface area (Å²) in [5.41, 5.74) is 0.578. The van der Waals surface area contributed by atoms with Gasteiger partial charge in [0.05, 0.1) is 7.11 Å². The van der Waals surface area contributed by atoms with Gasteiger partial charge in [-0.1, -0.05) is 0 Å². The number of aldehydes is 1. The largest absolute Gasteiger partial charge is 0.497 e. The highest BCUT2D eigenvalue weighted by Crippen LogP contribution is 2.28. The van der Waals surface area contributed by atoms with E-state index >= 15 is 0 Å². The van der Waals surface area contributed by atoms with E-state index in [0.29, 0.717) is 17.6 Å². The first-order valence-electron chi connectivity index (χ1n) is 4.41. The van der Waals surface area contributed by atoms with Gasteiger partial charge in [0.15, 0.2) is 11.6 Å². The number of Topliss-reactive ketones (excluding diaryl/α,β-unsaturated/α-hetero) is 2. The van der Waals surface area contributed by atoms with Gasteiger partial charge in [-0.3, -0.25) is 9.59 Å². The third-order valence-corrected chi connectivity index (χ3v) is 2.46. The van der Waals surface area contributed by atoms with Crippen LogP contribution in [0.2, 0.25) is 0 Å². The van der Waals surface area contributed by atoms with Crippen LogP contribution in [0.25, 0.3) is 0 Å². The van der Waals surface area contributed by atoms with Gasteiger partial charge in [-0.15, -0.1) is 0 Å². The molecule has 1 aliphatic rings. The summed E-state index contributed by atoms with van der Waals surface area (Å²) >= 11 is 0. The molecule has 1 aliphatic carbocycles. The second-order valence-electron chi connectivity index (χ2n) is 3.25. The normalized spacial score (nSPS) is 18.9. The third kappa shape index (κ3) is 1.26. The molecular formula is C11H8O4. The molecule has 76 valence electrons. The SMILES string of the molecule is COc1ccc2c(c1)C(=O)C(C=O)C2=O. The molecule has 4 heteroatoms. The van der Waals surface area contributed by atoms with E-state index in [4.69, 9.17) is 4.74 Å². The molecule has 0 spiro atoms. The van der Waals surface area contributed by atoms with E-state index in [1.165, 1.54) is 19.2 Å². The maximum atomic E-state index is 11.6. The Balaban J connectivity index is 2.57. The van der Waals surface area contributed by atoms with Crippen LogP contribution in [0.3, 0.4) is 0 Å². The fraction of sp³-hybridized carbons (Fsp3) is 0.182. The fourth-order valence-corrected chi connectivity index (χ4v) is 1.65. The lowest BCUT2D eigenvalue weighted by Gasteiger charge is -2.00. The highest BCUT2D eigenvalue weighted by atomic mass is 16.5. The van der Waals surface area contributed by atoms with E-state index in [2.05, 4.69) is 0 Å². The number of benzene rings is 1. The van der Waals surface area contributed by atoms with Gasteiger partial charge in [0, 0.05) is 11.1 Å². The van der Waals surface area contributed by atoms with Crippen molar-refractivity contribution >= 4 is 17.9 Å². The minimum atomic E-state index is -1.16. The lowest BCUT2D eigenvalue weighted by molar-refractivity contribution is -0.108. The van der Waals surface area contributed by atoms with Crippen molar-refractivity contribution in [2.45, 2.75) is 0 Å². The Hall–Kier alpha value is -1.97. The Morgan fingerprint density at radius 3 is 2.47 bits per heavy atom. The molecule has 0 N–H and O–H groups in total. The average Bonchev–Trinajstić information content (AvgIpc) is 2.51. The summed E-state index contributed by atoms with van der Waals surface area (Å²) in [4.78, 5) is 33.7. The predicted octanol–water partition coefficient (Wildman–Crippen LogP) is 0.889. The quantitative estimate of drug-likeness (QED) is 0.530. The lowest BCUT2D eigenvalue weighted by atomic mass is 10.1. The van der Waals surface area contributed by atoms with Gasteiger partial charge in [0.25, 0.3) is 0 Å². The third-order valence-electron chi connectivity index (χ3n) is 2.46. The van der Waals surface area contributed by atoms with Crippen LogP contribution in [0.4, 0.5) is 0 Å². The molecule has 0 radical (unpaired) electrons. The molecule has 1 atom stereocenters. The van der Waals surface area contributed by atoms with E-state index in [-0.39, 0.29) is 5.56 Å². The lowest BCUT2D eigenvalue weighted by Crippen LogP contribution is -2.15. The van der Waals surface area contributed by atoms with Crippen molar-refractivity contribution < 1.29 is 19.1 Å². The fourth-order valence-electron chi connectivity index (χ4n) is 1.65. The molecule has 2 rings (SSSR count). The summed E-state index contributed by atoms with van der Waals surface area (Å²) in [6, 6.07) is 4.59. The molecule has 15 heavy (non-hydrogen) atoms. The van der Waals surface area contributed by atoms with E-state index in [9.17, 15) is 14.4 Å². The van der Waals surface area contributed by atoms with Crippen LogP contribution in [-0.4, -0.2) is 25.0 Å². The van der Waals surface area contributed by atoms with Crippen LogP contribution in [0.15, 0.2) is 18.2 Å². The van der Waals surface area contributed by atoms with Gasteiger partial charge in [0.1, 0.15) is 18.0 Å². The van der Waals surface area contributed by atoms with Gasteiger partial charge in [-0.05, 0) is 18.2 Å². The number of methoxy groups -OCH3 is 1. The molecule has 0 amide bonds. The van der Waals surface area contributed by atoms with Crippen LogP contribution in [0, 0.1) is 5.92 Å². The van der Waals surface area contributed by atoms with Crippen molar-refractivity contribution in [1.29, 1.82) is 0 Å². The topological polar surface area (TPSA) is 60.4 Å². The summed E-state index contributed by atoms with van der Waals surface area (Å²) in [6.07, 6.45) is 0.386. The highest BCUT2D eigenvalue weighted by molar-refractivity contribution is 6.32. The first-order valence-corrected chi connectivity index (χ1v) is 4.41. The molecule has 4 nitrogen and oxygen atoms in total. The van der Waals surface area contributed by atoms with Crippen molar-refractivity contribution in [3.8, 4) is 5.75 Å². The summed E-state index contributed by atoms with van der Waals surface area (Å²) < 4.78 is 4.94. The van der Waals surface area contributed by atoms with Crippen LogP contribution >= 0.6 is 0 Å². The van der Waals surface area contributed by atoms with Crippen LogP contribution in [0.1, 0.15) is 20.7 Å². The molecule has 0 bridgehead atoms. The zero-order valence-corrected chi connectivity index (χ0v) is 8.02. The summed E-state index contributed by atoms with van der Waals surface area (Å²) in [5.74, 6) is -1.52. The predicted molar refractivity (Wildman–Crippen MR) is 51.2 cm³/mol. The van der Waals surface area contributed by atoms with Gasteiger partial charge in [0.2, 0.25) is 0 Å². The smallest absolute Gasteiger partial charge is 0.181 e. The molecule has 0 heterocycles. The van der Waals surface area contributed by atoms with Crippen molar-refractivity contribution in [2.24, 2.45) is 5.92 Å². The molecule has 0 saturated heterocycles. The molecule has 1 unspecified atom stereocenters. The Bertz CT molecular complexity index is 462. The molecule has 0 aromatic heterocycles. The zero-order valence-electron chi connectivity index (χ0n) is 8.02. The second kappa shape index (κ2) is 3.31.